The number of nitrogens with two attached hydrogens (primary N) is 1. The van der Waals surface area contributed by atoms with E-state index in [4.69, 9.17) is 5.73 Å². The van der Waals surface area contributed by atoms with Crippen LogP contribution in [0.4, 0.5) is 5.69 Å². The van der Waals surface area contributed by atoms with E-state index in [1.54, 1.807) is 17.4 Å². The number of thiophene rings is 1. The highest BCUT2D eigenvalue weighted by molar-refractivity contribution is 7.11. The van der Waals surface area contributed by atoms with Crippen molar-refractivity contribution in [2.24, 2.45) is 0 Å². The zero-order chi connectivity index (χ0) is 14.7. The average Bonchev–Trinajstić information content (AvgIpc) is 2.74. The second kappa shape index (κ2) is 6.05. The normalized spacial score (nSPS) is 12.2. The molecule has 2 heterocycles. The van der Waals surface area contributed by atoms with Crippen LogP contribution >= 0.6 is 11.3 Å². The van der Waals surface area contributed by atoms with Crippen molar-refractivity contribution in [2.45, 2.75) is 33.2 Å². The third kappa shape index (κ3) is 3.57. The molecule has 0 radical (unpaired) electrons. The van der Waals surface area contributed by atoms with Crippen molar-refractivity contribution in [3.63, 3.8) is 0 Å². The lowest BCUT2D eigenvalue weighted by atomic mass is 10.1. The van der Waals surface area contributed by atoms with Gasteiger partial charge in [-0.25, -0.2) is 0 Å². The van der Waals surface area contributed by atoms with Crippen molar-refractivity contribution in [1.82, 2.24) is 10.3 Å². The molecule has 0 bridgehead atoms. The third-order valence-electron chi connectivity index (χ3n) is 3.00. The van der Waals surface area contributed by atoms with Crippen molar-refractivity contribution >= 4 is 22.9 Å². The zero-order valence-corrected chi connectivity index (χ0v) is 12.8. The van der Waals surface area contributed by atoms with Crippen LogP contribution in [0.2, 0.25) is 0 Å². The summed E-state index contributed by atoms with van der Waals surface area (Å²) in [5, 5.41) is 2.96. The molecule has 0 spiro atoms. The molecule has 2 aromatic rings. The van der Waals surface area contributed by atoms with E-state index in [9.17, 15) is 4.79 Å². The molecule has 0 saturated heterocycles. The van der Waals surface area contributed by atoms with Gasteiger partial charge in [-0.1, -0.05) is 0 Å². The van der Waals surface area contributed by atoms with Crippen molar-refractivity contribution in [3.05, 3.63) is 45.4 Å². The number of carbonyl (C=O) groups excluding carboxylic acids is 1. The van der Waals surface area contributed by atoms with Crippen molar-refractivity contribution in [1.29, 1.82) is 0 Å². The van der Waals surface area contributed by atoms with Gasteiger partial charge in [0, 0.05) is 39.8 Å². The molecule has 20 heavy (non-hydrogen) atoms. The SMILES string of the molecule is Cc1cc(N)c(C(=O)NC(C)Cc2ccc(C)s2)cn1. The molecule has 0 fully saturated rings. The maximum absolute atomic E-state index is 12.2. The summed E-state index contributed by atoms with van der Waals surface area (Å²) in [5.74, 6) is -0.171. The van der Waals surface area contributed by atoms with E-state index in [-0.39, 0.29) is 11.9 Å². The Balaban J connectivity index is 2.00. The van der Waals surface area contributed by atoms with E-state index in [1.807, 2.05) is 13.8 Å². The molecule has 0 aromatic carbocycles. The molecule has 3 N–H and O–H groups in total. The molecule has 1 unspecified atom stereocenters. The van der Waals surface area contributed by atoms with Gasteiger partial charge in [-0.05, 0) is 39.0 Å². The monoisotopic (exact) mass is 289 g/mol. The van der Waals surface area contributed by atoms with Gasteiger partial charge in [0.2, 0.25) is 0 Å². The molecular formula is C15H19N3OS. The summed E-state index contributed by atoms with van der Waals surface area (Å²) in [6.07, 6.45) is 2.35. The highest BCUT2D eigenvalue weighted by Gasteiger charge is 2.14. The van der Waals surface area contributed by atoms with Crippen LogP contribution in [0.3, 0.4) is 0 Å². The Morgan fingerprint density at radius 2 is 2.20 bits per heavy atom. The molecule has 0 saturated carbocycles. The van der Waals surface area contributed by atoms with Crippen molar-refractivity contribution in [2.75, 3.05) is 5.73 Å². The van der Waals surface area contributed by atoms with Crippen LogP contribution in [-0.2, 0) is 6.42 Å². The topological polar surface area (TPSA) is 68.0 Å². The summed E-state index contributed by atoms with van der Waals surface area (Å²) >= 11 is 1.76. The average molecular weight is 289 g/mol. The third-order valence-corrected chi connectivity index (χ3v) is 4.02. The van der Waals surface area contributed by atoms with Crippen LogP contribution in [0, 0.1) is 13.8 Å². The highest BCUT2D eigenvalue weighted by Crippen LogP contribution is 2.17. The van der Waals surface area contributed by atoms with Crippen LogP contribution in [0.1, 0.15) is 32.7 Å². The molecule has 1 atom stereocenters. The Labute approximate surface area is 123 Å². The number of nitrogens with one attached hydrogen (secondary N) is 1. The number of hydrogen-bond donors (Lipinski definition) is 2. The van der Waals surface area contributed by atoms with Gasteiger partial charge in [-0.2, -0.15) is 0 Å². The standard InChI is InChI=1S/C15H19N3OS/c1-9-7-14(16)13(8-17-9)15(19)18-10(2)6-12-5-4-11(3)20-12/h4-5,7-8,10H,6H2,1-3H3,(H2,16,17)(H,18,19). The van der Waals surface area contributed by atoms with Crippen LogP contribution in [0.5, 0.6) is 0 Å². The molecule has 2 aromatic heterocycles. The summed E-state index contributed by atoms with van der Waals surface area (Å²) in [6.45, 7) is 5.92. The van der Waals surface area contributed by atoms with Gasteiger partial charge in [-0.3, -0.25) is 9.78 Å². The molecule has 106 valence electrons. The first-order valence-corrected chi connectivity index (χ1v) is 7.35. The number of aromatic nitrogens is 1. The largest absolute Gasteiger partial charge is 0.398 e. The molecule has 5 heteroatoms. The fourth-order valence-electron chi connectivity index (χ4n) is 2.02. The van der Waals surface area contributed by atoms with Crippen molar-refractivity contribution < 1.29 is 4.79 Å². The summed E-state index contributed by atoms with van der Waals surface area (Å²) in [6, 6.07) is 5.96. The highest BCUT2D eigenvalue weighted by atomic mass is 32.1. The number of hydrogen-bond acceptors (Lipinski definition) is 4. The lowest BCUT2D eigenvalue weighted by molar-refractivity contribution is 0.0941. The number of amides is 1. The summed E-state index contributed by atoms with van der Waals surface area (Å²) in [4.78, 5) is 18.8. The summed E-state index contributed by atoms with van der Waals surface area (Å²) in [5.41, 5.74) is 7.56. The Morgan fingerprint density at radius 3 is 2.80 bits per heavy atom. The maximum atomic E-state index is 12.2. The van der Waals surface area contributed by atoms with Gasteiger partial charge in [0.15, 0.2) is 0 Å². The Bertz CT molecular complexity index is 621. The second-order valence-corrected chi connectivity index (χ2v) is 6.38. The van der Waals surface area contributed by atoms with Crippen LogP contribution in [-0.4, -0.2) is 16.9 Å². The van der Waals surface area contributed by atoms with Crippen LogP contribution < -0.4 is 11.1 Å². The number of rotatable bonds is 4. The van der Waals surface area contributed by atoms with E-state index in [1.165, 1.54) is 16.0 Å². The molecule has 1 amide bonds. The summed E-state index contributed by atoms with van der Waals surface area (Å²) in [7, 11) is 0. The number of nitrogens with zero attached hydrogens (tertiary/aromatic N) is 1. The minimum absolute atomic E-state index is 0.0567. The minimum atomic E-state index is -0.171. The Kier molecular flexibility index (Phi) is 4.39. The first kappa shape index (κ1) is 14.5. The van der Waals surface area contributed by atoms with E-state index >= 15 is 0 Å². The first-order valence-electron chi connectivity index (χ1n) is 6.54. The fraction of sp³-hybridized carbons (Fsp3) is 0.333. The predicted molar refractivity (Wildman–Crippen MR) is 83.1 cm³/mol. The van der Waals surface area contributed by atoms with Gasteiger partial charge in [0.05, 0.1) is 5.56 Å². The van der Waals surface area contributed by atoms with E-state index in [0.29, 0.717) is 11.3 Å². The molecule has 2 rings (SSSR count). The molecule has 0 aliphatic carbocycles. The van der Waals surface area contributed by atoms with Gasteiger partial charge >= 0.3 is 0 Å². The van der Waals surface area contributed by atoms with Crippen LogP contribution in [0.25, 0.3) is 0 Å². The number of aryl methyl sites for hydroxylation is 2. The number of anilines is 1. The van der Waals surface area contributed by atoms with Gasteiger partial charge < -0.3 is 11.1 Å². The number of carbonyl (C=O) groups is 1. The smallest absolute Gasteiger partial charge is 0.255 e. The first-order chi connectivity index (χ1) is 9.45. The lowest BCUT2D eigenvalue weighted by Crippen LogP contribution is -2.34. The molecule has 0 aliphatic rings. The zero-order valence-electron chi connectivity index (χ0n) is 11.9. The van der Waals surface area contributed by atoms with E-state index in [0.717, 1.165) is 12.1 Å². The van der Waals surface area contributed by atoms with Crippen LogP contribution in [0.15, 0.2) is 24.4 Å². The van der Waals surface area contributed by atoms with Gasteiger partial charge in [0.25, 0.3) is 5.91 Å². The second-order valence-electron chi connectivity index (χ2n) is 5.00. The number of nitrogen functional groups attached to an aromatic ring is 1. The Morgan fingerprint density at radius 1 is 1.45 bits per heavy atom. The predicted octanol–water partition coefficient (Wildman–Crippen LogP) is 2.70. The van der Waals surface area contributed by atoms with Gasteiger partial charge in [0.1, 0.15) is 0 Å². The Hall–Kier alpha value is -1.88. The molecular weight excluding hydrogens is 270 g/mol. The summed E-state index contributed by atoms with van der Waals surface area (Å²) < 4.78 is 0. The quantitative estimate of drug-likeness (QED) is 0.909. The lowest BCUT2D eigenvalue weighted by Gasteiger charge is -2.14. The van der Waals surface area contributed by atoms with E-state index < -0.39 is 0 Å². The fourth-order valence-corrected chi connectivity index (χ4v) is 3.04. The molecule has 4 nitrogen and oxygen atoms in total. The van der Waals surface area contributed by atoms with E-state index in [2.05, 4.69) is 29.4 Å². The number of pyridine rings is 1. The maximum Gasteiger partial charge on any atom is 0.255 e. The van der Waals surface area contributed by atoms with Gasteiger partial charge in [-0.15, -0.1) is 11.3 Å². The van der Waals surface area contributed by atoms with Crippen molar-refractivity contribution in [3.8, 4) is 0 Å². The molecule has 0 aliphatic heterocycles. The minimum Gasteiger partial charge on any atom is -0.398 e.